The second-order valence-electron chi connectivity index (χ2n) is 6.22. The minimum absolute atomic E-state index is 0.0804. The van der Waals surface area contributed by atoms with E-state index in [1.165, 1.54) is 0 Å². The minimum atomic E-state index is -1.21. The quantitative estimate of drug-likeness (QED) is 0.364. The van der Waals surface area contributed by atoms with Crippen LogP contribution < -0.4 is 0 Å². The van der Waals surface area contributed by atoms with Gasteiger partial charge in [-0.05, 0) is 45.6 Å². The van der Waals surface area contributed by atoms with Crippen molar-refractivity contribution in [2.45, 2.75) is 13.0 Å². The highest BCUT2D eigenvalue weighted by atomic mass is 32.1. The SMILES string of the molecule is O=C(O)C(Cc1csc2ccccc12)C(=O)OCc1csc2ccccc12. The van der Waals surface area contributed by atoms with Gasteiger partial charge in [0, 0.05) is 15.0 Å². The Bertz CT molecular complexity index is 1130. The third-order valence-corrected chi connectivity index (χ3v) is 6.52. The number of thiophene rings is 2. The molecule has 0 saturated heterocycles. The molecule has 0 amide bonds. The van der Waals surface area contributed by atoms with Crippen LogP contribution in [0.15, 0.2) is 59.3 Å². The molecule has 4 nitrogen and oxygen atoms in total. The molecule has 6 heteroatoms. The van der Waals surface area contributed by atoms with Crippen molar-refractivity contribution in [2.24, 2.45) is 5.92 Å². The summed E-state index contributed by atoms with van der Waals surface area (Å²) in [7, 11) is 0. The van der Waals surface area contributed by atoms with E-state index in [0.29, 0.717) is 0 Å². The number of hydrogen-bond acceptors (Lipinski definition) is 5. The van der Waals surface area contributed by atoms with E-state index >= 15 is 0 Å². The topological polar surface area (TPSA) is 63.6 Å². The van der Waals surface area contributed by atoms with Crippen LogP contribution in [-0.4, -0.2) is 17.0 Å². The number of rotatable bonds is 6. The Kier molecular flexibility index (Phi) is 4.92. The fraction of sp³-hybridized carbons (Fsp3) is 0.143. The third kappa shape index (κ3) is 3.59. The van der Waals surface area contributed by atoms with Crippen LogP contribution in [0, 0.1) is 5.92 Å². The molecule has 27 heavy (non-hydrogen) atoms. The maximum absolute atomic E-state index is 12.5. The summed E-state index contributed by atoms with van der Waals surface area (Å²) in [5, 5.41) is 15.4. The molecule has 1 atom stereocenters. The first kappa shape index (κ1) is 17.7. The zero-order valence-corrected chi connectivity index (χ0v) is 15.9. The van der Waals surface area contributed by atoms with Crippen LogP contribution in [0.5, 0.6) is 0 Å². The molecule has 0 spiro atoms. The zero-order chi connectivity index (χ0) is 18.8. The van der Waals surface area contributed by atoms with Crippen molar-refractivity contribution < 1.29 is 19.4 Å². The average molecular weight is 396 g/mol. The van der Waals surface area contributed by atoms with Gasteiger partial charge in [0.1, 0.15) is 6.61 Å². The van der Waals surface area contributed by atoms with E-state index in [0.717, 1.165) is 31.3 Å². The van der Waals surface area contributed by atoms with Gasteiger partial charge < -0.3 is 9.84 Å². The normalized spacial score (nSPS) is 12.3. The lowest BCUT2D eigenvalue weighted by Crippen LogP contribution is -2.27. The Morgan fingerprint density at radius 3 is 2.07 bits per heavy atom. The van der Waals surface area contributed by atoms with Crippen molar-refractivity contribution >= 4 is 54.8 Å². The highest BCUT2D eigenvalue weighted by molar-refractivity contribution is 7.17. The van der Waals surface area contributed by atoms with E-state index in [4.69, 9.17) is 4.74 Å². The highest BCUT2D eigenvalue weighted by Gasteiger charge is 2.29. The van der Waals surface area contributed by atoms with E-state index < -0.39 is 17.9 Å². The van der Waals surface area contributed by atoms with Crippen LogP contribution in [0.1, 0.15) is 11.1 Å². The molecule has 2 aromatic heterocycles. The number of fused-ring (bicyclic) bond motifs is 2. The van der Waals surface area contributed by atoms with Gasteiger partial charge in [-0.2, -0.15) is 0 Å². The Labute approximate surface area is 163 Å². The van der Waals surface area contributed by atoms with Crippen molar-refractivity contribution in [3.8, 4) is 0 Å². The molecule has 0 radical (unpaired) electrons. The number of carboxylic acid groups (broad SMARTS) is 1. The third-order valence-electron chi connectivity index (χ3n) is 4.50. The van der Waals surface area contributed by atoms with Crippen molar-refractivity contribution in [1.29, 1.82) is 0 Å². The summed E-state index contributed by atoms with van der Waals surface area (Å²) in [6.07, 6.45) is 0.128. The van der Waals surface area contributed by atoms with Gasteiger partial charge in [-0.3, -0.25) is 9.59 Å². The van der Waals surface area contributed by atoms with Gasteiger partial charge in [0.05, 0.1) is 0 Å². The molecule has 1 N–H and O–H groups in total. The summed E-state index contributed by atoms with van der Waals surface area (Å²) < 4.78 is 7.56. The fourth-order valence-corrected chi connectivity index (χ4v) is 5.00. The van der Waals surface area contributed by atoms with E-state index in [9.17, 15) is 14.7 Å². The fourth-order valence-electron chi connectivity index (χ4n) is 3.08. The number of carboxylic acids is 1. The summed E-state index contributed by atoms with van der Waals surface area (Å²) in [6, 6.07) is 15.7. The van der Waals surface area contributed by atoms with Crippen molar-refractivity contribution in [3.63, 3.8) is 0 Å². The van der Waals surface area contributed by atoms with Gasteiger partial charge >= 0.3 is 11.9 Å². The summed E-state index contributed by atoms with van der Waals surface area (Å²) in [5.41, 5.74) is 1.76. The molecule has 2 aromatic carbocycles. The van der Waals surface area contributed by atoms with Crippen LogP contribution in [0.4, 0.5) is 0 Å². The number of ether oxygens (including phenoxy) is 1. The molecule has 0 fully saturated rings. The van der Waals surface area contributed by atoms with E-state index in [1.54, 1.807) is 22.7 Å². The summed E-state index contributed by atoms with van der Waals surface area (Å²) in [4.78, 5) is 24.2. The van der Waals surface area contributed by atoms with Crippen LogP contribution in [-0.2, 0) is 27.4 Å². The summed E-state index contributed by atoms with van der Waals surface area (Å²) in [5.74, 6) is -3.08. The predicted molar refractivity (Wildman–Crippen MR) is 108 cm³/mol. The Balaban J connectivity index is 1.50. The molecule has 0 saturated carbocycles. The molecule has 4 aromatic rings. The first-order valence-corrected chi connectivity index (χ1v) is 10.2. The largest absolute Gasteiger partial charge is 0.481 e. The number of esters is 1. The summed E-state index contributed by atoms with van der Waals surface area (Å²) >= 11 is 3.13. The number of carbonyl (C=O) groups excluding carboxylic acids is 1. The van der Waals surface area contributed by atoms with Gasteiger partial charge in [0.15, 0.2) is 5.92 Å². The number of aliphatic carboxylic acids is 1. The smallest absolute Gasteiger partial charge is 0.320 e. The maximum Gasteiger partial charge on any atom is 0.320 e. The minimum Gasteiger partial charge on any atom is -0.481 e. The molecule has 4 rings (SSSR count). The molecule has 0 bridgehead atoms. The second-order valence-corrected chi connectivity index (χ2v) is 8.04. The van der Waals surface area contributed by atoms with E-state index in [2.05, 4.69) is 0 Å². The lowest BCUT2D eigenvalue weighted by Gasteiger charge is -2.12. The number of benzene rings is 2. The van der Waals surface area contributed by atoms with Crippen molar-refractivity contribution in [3.05, 3.63) is 70.4 Å². The molecular weight excluding hydrogens is 380 g/mol. The van der Waals surface area contributed by atoms with Gasteiger partial charge in [-0.25, -0.2) is 0 Å². The van der Waals surface area contributed by atoms with Gasteiger partial charge in [-0.1, -0.05) is 36.4 Å². The molecule has 0 aliphatic heterocycles. The highest BCUT2D eigenvalue weighted by Crippen LogP contribution is 2.29. The van der Waals surface area contributed by atoms with Gasteiger partial charge in [-0.15, -0.1) is 22.7 Å². The first-order valence-electron chi connectivity index (χ1n) is 8.43. The van der Waals surface area contributed by atoms with Crippen molar-refractivity contribution in [1.82, 2.24) is 0 Å². The molecule has 0 aliphatic carbocycles. The van der Waals surface area contributed by atoms with Gasteiger partial charge in [0.2, 0.25) is 0 Å². The van der Waals surface area contributed by atoms with Crippen LogP contribution in [0.25, 0.3) is 20.2 Å². The monoisotopic (exact) mass is 396 g/mol. The lowest BCUT2D eigenvalue weighted by atomic mass is 9.99. The predicted octanol–water partition coefficient (Wildman–Crippen LogP) is 5.10. The second kappa shape index (κ2) is 7.50. The Morgan fingerprint density at radius 2 is 1.44 bits per heavy atom. The molecule has 1 unspecified atom stereocenters. The van der Waals surface area contributed by atoms with Crippen molar-refractivity contribution in [2.75, 3.05) is 0 Å². The molecule has 136 valence electrons. The van der Waals surface area contributed by atoms with E-state index in [1.807, 2.05) is 59.3 Å². The maximum atomic E-state index is 12.5. The number of carbonyl (C=O) groups is 2. The summed E-state index contributed by atoms with van der Waals surface area (Å²) in [6.45, 7) is 0.0804. The first-order chi connectivity index (χ1) is 13.1. The van der Waals surface area contributed by atoms with Crippen LogP contribution >= 0.6 is 22.7 Å². The molecular formula is C21H16O4S2. The standard InChI is InChI=1S/C21H16O4S2/c22-20(23)17(9-13-11-26-18-7-3-1-5-15(13)18)21(24)25-10-14-12-27-19-8-4-2-6-16(14)19/h1-8,11-12,17H,9-10H2,(H,22,23). The lowest BCUT2D eigenvalue weighted by molar-refractivity contribution is -0.159. The van der Waals surface area contributed by atoms with E-state index in [-0.39, 0.29) is 13.0 Å². The molecule has 2 heterocycles. The molecule has 0 aliphatic rings. The number of hydrogen-bond donors (Lipinski definition) is 1. The van der Waals surface area contributed by atoms with Crippen LogP contribution in [0.2, 0.25) is 0 Å². The Morgan fingerprint density at radius 1 is 0.889 bits per heavy atom. The average Bonchev–Trinajstić information content (AvgIpc) is 3.28. The zero-order valence-electron chi connectivity index (χ0n) is 14.3. The van der Waals surface area contributed by atoms with Crippen LogP contribution in [0.3, 0.4) is 0 Å². The Hall–Kier alpha value is -2.70. The van der Waals surface area contributed by atoms with Gasteiger partial charge in [0.25, 0.3) is 0 Å².